The summed E-state index contributed by atoms with van der Waals surface area (Å²) in [5.74, 6) is 0.932. The molecule has 0 radical (unpaired) electrons. The van der Waals surface area contributed by atoms with E-state index in [2.05, 4.69) is 15.3 Å². The number of rotatable bonds is 5. The van der Waals surface area contributed by atoms with Crippen LogP contribution in [-0.4, -0.2) is 60.5 Å². The minimum Gasteiger partial charge on any atom is -0.497 e. The van der Waals surface area contributed by atoms with Gasteiger partial charge in [0.1, 0.15) is 11.4 Å². The van der Waals surface area contributed by atoms with Crippen LogP contribution in [0.4, 0.5) is 11.6 Å². The number of ether oxygens (including phenoxy) is 1. The van der Waals surface area contributed by atoms with Gasteiger partial charge < -0.3 is 19.9 Å². The first-order chi connectivity index (χ1) is 12.6. The minimum absolute atomic E-state index is 0.298. The van der Waals surface area contributed by atoms with E-state index >= 15 is 0 Å². The molecule has 2 aromatic rings. The third kappa shape index (κ3) is 4.08. The molecule has 1 aromatic heterocycles. The molecule has 0 aliphatic carbocycles. The Labute approximate surface area is 151 Å². The fourth-order valence-electron chi connectivity index (χ4n) is 2.71. The fourth-order valence-corrected chi connectivity index (χ4v) is 2.71. The van der Waals surface area contributed by atoms with Crippen molar-refractivity contribution in [1.82, 2.24) is 14.9 Å². The van der Waals surface area contributed by atoms with E-state index in [-0.39, 0.29) is 5.91 Å². The first kappa shape index (κ1) is 17.7. The van der Waals surface area contributed by atoms with Crippen molar-refractivity contribution in [2.45, 2.75) is 6.92 Å². The van der Waals surface area contributed by atoms with E-state index in [1.54, 1.807) is 42.3 Å². The number of nitrogens with one attached hydrogen (secondary N) is 1. The van der Waals surface area contributed by atoms with E-state index in [1.807, 2.05) is 11.8 Å². The van der Waals surface area contributed by atoms with Crippen molar-refractivity contribution in [2.75, 3.05) is 43.5 Å². The van der Waals surface area contributed by atoms with Crippen molar-refractivity contribution < 1.29 is 14.3 Å². The maximum Gasteiger partial charge on any atom is 0.274 e. The highest BCUT2D eigenvalue weighted by atomic mass is 16.5. The van der Waals surface area contributed by atoms with Crippen molar-refractivity contribution in [1.29, 1.82) is 0 Å². The Balaban J connectivity index is 1.74. The lowest BCUT2D eigenvalue weighted by Gasteiger charge is -2.32. The highest BCUT2D eigenvalue weighted by Gasteiger charge is 2.20. The van der Waals surface area contributed by atoms with Crippen LogP contribution in [0.25, 0.3) is 0 Å². The summed E-state index contributed by atoms with van der Waals surface area (Å²) in [7, 11) is 1.59. The molecule has 0 bridgehead atoms. The van der Waals surface area contributed by atoms with E-state index in [9.17, 15) is 9.59 Å². The lowest BCUT2D eigenvalue weighted by atomic mass is 10.2. The standard InChI is InChI=1S/C18H21N5O3/c1-13-11-16(17(25)20-14-3-5-15(26-2)6-4-14)21-18(19-13)23-9-7-22(12-24)8-10-23/h3-6,11-12H,7-10H2,1-2H3,(H,20,25). The van der Waals surface area contributed by atoms with Gasteiger partial charge >= 0.3 is 0 Å². The van der Waals surface area contributed by atoms with Gasteiger partial charge in [-0.3, -0.25) is 9.59 Å². The fraction of sp³-hybridized carbons (Fsp3) is 0.333. The topological polar surface area (TPSA) is 87.7 Å². The second-order valence-electron chi connectivity index (χ2n) is 6.01. The number of amides is 2. The zero-order chi connectivity index (χ0) is 18.5. The van der Waals surface area contributed by atoms with Gasteiger partial charge in [-0.1, -0.05) is 0 Å². The number of carbonyl (C=O) groups is 2. The van der Waals surface area contributed by atoms with Gasteiger partial charge in [0.2, 0.25) is 12.4 Å². The molecule has 1 aliphatic rings. The minimum atomic E-state index is -0.298. The number of benzene rings is 1. The summed E-state index contributed by atoms with van der Waals surface area (Å²) < 4.78 is 5.11. The van der Waals surface area contributed by atoms with Crippen molar-refractivity contribution in [3.8, 4) is 5.75 Å². The van der Waals surface area contributed by atoms with E-state index in [4.69, 9.17) is 4.74 Å². The Morgan fingerprint density at radius 3 is 2.46 bits per heavy atom. The van der Waals surface area contributed by atoms with Gasteiger partial charge in [0.15, 0.2) is 0 Å². The number of anilines is 2. The molecule has 26 heavy (non-hydrogen) atoms. The normalized spacial score (nSPS) is 14.1. The molecule has 2 heterocycles. The highest BCUT2D eigenvalue weighted by Crippen LogP contribution is 2.17. The molecule has 1 aliphatic heterocycles. The van der Waals surface area contributed by atoms with E-state index in [1.165, 1.54) is 0 Å². The third-order valence-corrected chi connectivity index (χ3v) is 4.17. The molecule has 136 valence electrons. The number of aromatic nitrogens is 2. The number of methoxy groups -OCH3 is 1. The molecular weight excluding hydrogens is 334 g/mol. The van der Waals surface area contributed by atoms with Crippen LogP contribution < -0.4 is 15.0 Å². The number of hydrogen-bond donors (Lipinski definition) is 1. The predicted molar refractivity (Wildman–Crippen MR) is 97.6 cm³/mol. The third-order valence-electron chi connectivity index (χ3n) is 4.17. The van der Waals surface area contributed by atoms with Gasteiger partial charge in [-0.15, -0.1) is 0 Å². The number of aryl methyl sites for hydroxylation is 1. The summed E-state index contributed by atoms with van der Waals surface area (Å²) in [6.07, 6.45) is 0.849. The van der Waals surface area contributed by atoms with Gasteiger partial charge in [-0.25, -0.2) is 9.97 Å². The van der Waals surface area contributed by atoms with Crippen LogP contribution in [0, 0.1) is 6.92 Å². The molecule has 1 aromatic carbocycles. The number of piperazine rings is 1. The van der Waals surface area contributed by atoms with Crippen LogP contribution >= 0.6 is 0 Å². The molecule has 8 nitrogen and oxygen atoms in total. The Kier molecular flexibility index (Phi) is 5.31. The molecule has 1 saturated heterocycles. The maximum absolute atomic E-state index is 12.5. The Morgan fingerprint density at radius 2 is 1.85 bits per heavy atom. The Morgan fingerprint density at radius 1 is 1.15 bits per heavy atom. The second-order valence-corrected chi connectivity index (χ2v) is 6.01. The number of nitrogens with zero attached hydrogens (tertiary/aromatic N) is 4. The van der Waals surface area contributed by atoms with E-state index in [0.717, 1.165) is 12.2 Å². The zero-order valence-corrected chi connectivity index (χ0v) is 14.8. The molecule has 3 rings (SSSR count). The number of hydrogen-bond acceptors (Lipinski definition) is 6. The first-order valence-electron chi connectivity index (χ1n) is 8.34. The predicted octanol–water partition coefficient (Wildman–Crippen LogP) is 1.32. The lowest BCUT2D eigenvalue weighted by Crippen LogP contribution is -2.46. The molecule has 0 unspecified atom stereocenters. The van der Waals surface area contributed by atoms with Gasteiger partial charge in [-0.2, -0.15) is 0 Å². The van der Waals surface area contributed by atoms with Gasteiger partial charge in [0, 0.05) is 37.6 Å². The van der Waals surface area contributed by atoms with Gasteiger partial charge in [0.25, 0.3) is 5.91 Å². The molecule has 2 amide bonds. The van der Waals surface area contributed by atoms with Crippen LogP contribution in [0.2, 0.25) is 0 Å². The van der Waals surface area contributed by atoms with Crippen molar-refractivity contribution >= 4 is 24.0 Å². The van der Waals surface area contributed by atoms with Crippen LogP contribution in [0.15, 0.2) is 30.3 Å². The van der Waals surface area contributed by atoms with E-state index < -0.39 is 0 Å². The van der Waals surface area contributed by atoms with Gasteiger partial charge in [0.05, 0.1) is 7.11 Å². The molecule has 8 heteroatoms. The zero-order valence-electron chi connectivity index (χ0n) is 14.8. The summed E-state index contributed by atoms with van der Waals surface area (Å²) in [6.45, 7) is 4.35. The molecule has 0 saturated carbocycles. The molecular formula is C18H21N5O3. The molecule has 1 fully saturated rings. The van der Waals surface area contributed by atoms with Gasteiger partial charge in [-0.05, 0) is 37.3 Å². The lowest BCUT2D eigenvalue weighted by molar-refractivity contribution is -0.118. The highest BCUT2D eigenvalue weighted by molar-refractivity contribution is 6.03. The van der Waals surface area contributed by atoms with Crippen molar-refractivity contribution in [3.63, 3.8) is 0 Å². The summed E-state index contributed by atoms with van der Waals surface area (Å²) >= 11 is 0. The quantitative estimate of drug-likeness (QED) is 0.814. The SMILES string of the molecule is COc1ccc(NC(=O)c2cc(C)nc(N3CCN(C=O)CC3)n2)cc1. The summed E-state index contributed by atoms with van der Waals surface area (Å²) in [4.78, 5) is 35.9. The largest absolute Gasteiger partial charge is 0.497 e. The Bertz CT molecular complexity index is 786. The monoisotopic (exact) mass is 355 g/mol. The van der Waals surface area contributed by atoms with Crippen LogP contribution in [0.5, 0.6) is 5.75 Å². The number of carbonyl (C=O) groups excluding carboxylic acids is 2. The van der Waals surface area contributed by atoms with Crippen molar-refractivity contribution in [3.05, 3.63) is 41.7 Å². The molecule has 0 atom stereocenters. The molecule has 1 N–H and O–H groups in total. The average Bonchev–Trinajstić information content (AvgIpc) is 2.68. The summed E-state index contributed by atoms with van der Waals surface area (Å²) in [5, 5.41) is 2.83. The average molecular weight is 355 g/mol. The first-order valence-corrected chi connectivity index (χ1v) is 8.34. The van der Waals surface area contributed by atoms with E-state index in [0.29, 0.717) is 49.2 Å². The summed E-state index contributed by atoms with van der Waals surface area (Å²) in [5.41, 5.74) is 1.68. The summed E-state index contributed by atoms with van der Waals surface area (Å²) in [6, 6.07) is 8.75. The Hall–Kier alpha value is -3.16. The second kappa shape index (κ2) is 7.81. The molecule has 0 spiro atoms. The van der Waals surface area contributed by atoms with Crippen LogP contribution in [0.3, 0.4) is 0 Å². The maximum atomic E-state index is 12.5. The van der Waals surface area contributed by atoms with Crippen molar-refractivity contribution in [2.24, 2.45) is 0 Å². The van der Waals surface area contributed by atoms with Crippen LogP contribution in [-0.2, 0) is 4.79 Å². The van der Waals surface area contributed by atoms with Crippen LogP contribution in [0.1, 0.15) is 16.2 Å². The smallest absolute Gasteiger partial charge is 0.274 e.